The van der Waals surface area contributed by atoms with Crippen LogP contribution in [0.15, 0.2) is 0 Å². The fraction of sp³-hybridized carbons (Fsp3) is 0.938. The zero-order valence-corrected chi connectivity index (χ0v) is 14.5. The van der Waals surface area contributed by atoms with E-state index in [1.54, 1.807) is 25.7 Å². The van der Waals surface area contributed by atoms with Gasteiger partial charge in [0, 0.05) is 25.6 Å². The number of nitrogens with zero attached hydrogens (tertiary/aromatic N) is 1. The molecule has 23 heavy (non-hydrogen) atoms. The lowest BCUT2D eigenvalue weighted by Crippen LogP contribution is -2.40. The van der Waals surface area contributed by atoms with E-state index >= 15 is 0 Å². The van der Waals surface area contributed by atoms with Crippen LogP contribution in [0.25, 0.3) is 0 Å². The van der Waals surface area contributed by atoms with Gasteiger partial charge in [-0.2, -0.15) is 13.2 Å². The van der Waals surface area contributed by atoms with Gasteiger partial charge in [0.25, 0.3) is 0 Å². The lowest BCUT2D eigenvalue weighted by atomic mass is 9.94. The molecule has 1 fully saturated rings. The van der Waals surface area contributed by atoms with E-state index in [0.29, 0.717) is 26.1 Å². The molecular weight excluding hydrogens is 309 g/mol. The molecule has 0 aliphatic carbocycles. The van der Waals surface area contributed by atoms with Crippen molar-refractivity contribution in [2.45, 2.75) is 71.2 Å². The van der Waals surface area contributed by atoms with E-state index in [0.717, 1.165) is 6.42 Å². The Morgan fingerprint density at radius 2 is 2.00 bits per heavy atom. The Bertz CT molecular complexity index is 381. The Balaban J connectivity index is 2.58. The van der Waals surface area contributed by atoms with Crippen LogP contribution in [0.2, 0.25) is 0 Å². The summed E-state index contributed by atoms with van der Waals surface area (Å²) in [5.74, 6) is 0.0384. The third-order valence-corrected chi connectivity index (χ3v) is 3.84. The van der Waals surface area contributed by atoms with E-state index in [9.17, 15) is 18.0 Å². The van der Waals surface area contributed by atoms with Crippen molar-refractivity contribution in [1.82, 2.24) is 10.2 Å². The summed E-state index contributed by atoms with van der Waals surface area (Å²) in [6, 6.07) is -0.219. The van der Waals surface area contributed by atoms with Gasteiger partial charge in [-0.3, -0.25) is 0 Å². The monoisotopic (exact) mass is 338 g/mol. The summed E-state index contributed by atoms with van der Waals surface area (Å²) < 4.78 is 42.8. The van der Waals surface area contributed by atoms with Gasteiger partial charge >= 0.3 is 12.3 Å². The van der Waals surface area contributed by atoms with Crippen LogP contribution in [0.3, 0.4) is 0 Å². The number of hydrogen-bond acceptors (Lipinski definition) is 3. The molecule has 0 spiro atoms. The van der Waals surface area contributed by atoms with E-state index in [2.05, 4.69) is 5.32 Å². The molecule has 4 nitrogen and oxygen atoms in total. The number of nitrogens with one attached hydrogen (secondary N) is 1. The SMILES string of the molecule is CCCNC(CCC(F)(F)F)C1CCN(C(=O)OC(C)(C)C)C1. The van der Waals surface area contributed by atoms with Crippen molar-refractivity contribution < 1.29 is 22.7 Å². The number of rotatable bonds is 6. The maximum atomic E-state index is 12.5. The number of likely N-dealkylation sites (tertiary alicyclic amines) is 1. The standard InChI is InChI=1S/C16H29F3N2O2/c1-5-9-20-13(6-8-16(17,18)19)12-7-10-21(11-12)14(22)23-15(2,3)4/h12-13,20H,5-11H2,1-4H3. The van der Waals surface area contributed by atoms with Gasteiger partial charge in [-0.05, 0) is 52.5 Å². The molecule has 0 bridgehead atoms. The minimum absolute atomic E-state index is 0.0384. The van der Waals surface area contributed by atoms with Crippen LogP contribution in [0, 0.1) is 5.92 Å². The first-order valence-electron chi connectivity index (χ1n) is 8.30. The van der Waals surface area contributed by atoms with E-state index in [1.165, 1.54) is 0 Å². The Labute approximate surface area is 136 Å². The third kappa shape index (κ3) is 7.90. The van der Waals surface area contributed by atoms with Crippen LogP contribution in [-0.4, -0.2) is 48.4 Å². The maximum Gasteiger partial charge on any atom is 0.410 e. The quantitative estimate of drug-likeness (QED) is 0.797. The largest absolute Gasteiger partial charge is 0.444 e. The summed E-state index contributed by atoms with van der Waals surface area (Å²) in [6.07, 6.45) is -3.70. The fourth-order valence-corrected chi connectivity index (χ4v) is 2.76. The molecule has 2 unspecified atom stereocenters. The number of hydrogen-bond donors (Lipinski definition) is 1. The molecule has 0 radical (unpaired) electrons. The predicted molar refractivity (Wildman–Crippen MR) is 83.3 cm³/mol. The highest BCUT2D eigenvalue weighted by Crippen LogP contribution is 2.28. The fourth-order valence-electron chi connectivity index (χ4n) is 2.76. The van der Waals surface area contributed by atoms with Crippen LogP contribution in [0.1, 0.15) is 53.4 Å². The van der Waals surface area contributed by atoms with E-state index in [1.807, 2.05) is 6.92 Å². The highest BCUT2D eigenvalue weighted by molar-refractivity contribution is 5.68. The maximum absolute atomic E-state index is 12.5. The third-order valence-electron chi connectivity index (χ3n) is 3.84. The second-order valence-electron chi connectivity index (χ2n) is 7.19. The van der Waals surface area contributed by atoms with Crippen molar-refractivity contribution in [3.8, 4) is 0 Å². The van der Waals surface area contributed by atoms with Crippen molar-refractivity contribution in [2.75, 3.05) is 19.6 Å². The summed E-state index contributed by atoms with van der Waals surface area (Å²) in [4.78, 5) is 13.7. The van der Waals surface area contributed by atoms with Crippen LogP contribution >= 0.6 is 0 Å². The van der Waals surface area contributed by atoms with Crippen LogP contribution < -0.4 is 5.32 Å². The molecule has 0 aromatic carbocycles. The van der Waals surface area contributed by atoms with Gasteiger partial charge in [0.15, 0.2) is 0 Å². The molecule has 0 aromatic heterocycles. The number of ether oxygens (including phenoxy) is 1. The minimum Gasteiger partial charge on any atom is -0.444 e. The van der Waals surface area contributed by atoms with Gasteiger partial charge in [0.1, 0.15) is 5.60 Å². The normalized spacial score (nSPS) is 20.7. The molecular formula is C16H29F3N2O2. The molecule has 1 saturated heterocycles. The average molecular weight is 338 g/mol. The van der Waals surface area contributed by atoms with Crippen molar-refractivity contribution in [2.24, 2.45) is 5.92 Å². The van der Waals surface area contributed by atoms with Crippen LogP contribution in [0.5, 0.6) is 0 Å². The molecule has 0 saturated carbocycles. The summed E-state index contributed by atoms with van der Waals surface area (Å²) in [5, 5.41) is 3.21. The number of carbonyl (C=O) groups excluding carboxylic acids is 1. The Morgan fingerprint density at radius 1 is 1.35 bits per heavy atom. The molecule has 136 valence electrons. The average Bonchev–Trinajstić information content (AvgIpc) is 2.85. The highest BCUT2D eigenvalue weighted by Gasteiger charge is 2.36. The first kappa shape index (κ1) is 20.1. The molecule has 1 N–H and O–H groups in total. The summed E-state index contributed by atoms with van der Waals surface area (Å²) in [6.45, 7) is 9.05. The van der Waals surface area contributed by atoms with Gasteiger partial charge in [-0.15, -0.1) is 0 Å². The zero-order valence-electron chi connectivity index (χ0n) is 14.5. The van der Waals surface area contributed by atoms with Crippen molar-refractivity contribution in [3.05, 3.63) is 0 Å². The smallest absolute Gasteiger partial charge is 0.410 e. The van der Waals surface area contributed by atoms with Gasteiger partial charge < -0.3 is 15.0 Å². The van der Waals surface area contributed by atoms with Crippen LogP contribution in [-0.2, 0) is 4.74 Å². The minimum atomic E-state index is -4.14. The van der Waals surface area contributed by atoms with Crippen molar-refractivity contribution in [1.29, 1.82) is 0 Å². The molecule has 1 amide bonds. The summed E-state index contributed by atoms with van der Waals surface area (Å²) in [5.41, 5.74) is -0.564. The molecule has 2 atom stereocenters. The molecule has 0 aromatic rings. The number of carbonyl (C=O) groups is 1. The lowest BCUT2D eigenvalue weighted by molar-refractivity contribution is -0.137. The Hall–Kier alpha value is -0.980. The summed E-state index contributed by atoms with van der Waals surface area (Å²) >= 11 is 0. The first-order valence-corrected chi connectivity index (χ1v) is 8.30. The topological polar surface area (TPSA) is 41.6 Å². The molecule has 1 aliphatic heterocycles. The second kappa shape index (κ2) is 8.22. The van der Waals surface area contributed by atoms with Gasteiger partial charge in [-0.1, -0.05) is 6.92 Å². The van der Waals surface area contributed by atoms with Gasteiger partial charge in [0.05, 0.1) is 0 Å². The zero-order chi connectivity index (χ0) is 17.7. The number of amides is 1. The number of halogens is 3. The molecule has 1 heterocycles. The van der Waals surface area contributed by atoms with E-state index in [-0.39, 0.29) is 24.5 Å². The van der Waals surface area contributed by atoms with E-state index < -0.39 is 18.2 Å². The molecule has 7 heteroatoms. The Kier molecular flexibility index (Phi) is 7.17. The molecule has 1 aliphatic rings. The van der Waals surface area contributed by atoms with Crippen molar-refractivity contribution >= 4 is 6.09 Å². The van der Waals surface area contributed by atoms with E-state index in [4.69, 9.17) is 4.74 Å². The van der Waals surface area contributed by atoms with Crippen molar-refractivity contribution in [3.63, 3.8) is 0 Å². The second-order valence-corrected chi connectivity index (χ2v) is 7.19. The predicted octanol–water partition coefficient (Wildman–Crippen LogP) is 3.95. The molecule has 1 rings (SSSR count). The number of alkyl halides is 3. The highest BCUT2D eigenvalue weighted by atomic mass is 19.4. The van der Waals surface area contributed by atoms with Gasteiger partial charge in [-0.25, -0.2) is 4.79 Å². The van der Waals surface area contributed by atoms with Crippen LogP contribution in [0.4, 0.5) is 18.0 Å². The Morgan fingerprint density at radius 3 is 2.52 bits per heavy atom. The summed E-state index contributed by atoms with van der Waals surface area (Å²) in [7, 11) is 0. The van der Waals surface area contributed by atoms with Gasteiger partial charge in [0.2, 0.25) is 0 Å². The lowest BCUT2D eigenvalue weighted by Gasteiger charge is -2.27. The first-order chi connectivity index (χ1) is 10.5.